The van der Waals surface area contributed by atoms with Crippen molar-refractivity contribution in [1.82, 2.24) is 0 Å². The van der Waals surface area contributed by atoms with E-state index >= 15 is 0 Å². The molecule has 0 N–H and O–H groups in total. The molecule has 1 atom stereocenters. The van der Waals surface area contributed by atoms with Crippen LogP contribution in [0.25, 0.3) is 0 Å². The van der Waals surface area contributed by atoms with Gasteiger partial charge in [-0.25, -0.2) is 0 Å². The Hall–Kier alpha value is -1.71. The van der Waals surface area contributed by atoms with E-state index in [1.54, 1.807) is 19.2 Å². The molecule has 0 heterocycles. The van der Waals surface area contributed by atoms with Gasteiger partial charge >= 0.3 is 0 Å². The summed E-state index contributed by atoms with van der Waals surface area (Å²) in [6.07, 6.45) is 0.920. The standard InChI is InChI=1S/C15H20O4/c1-15(2)8-10(15)12(16)9-6-7-11(17-3)14(19-5)13(9)18-4/h6-7,10H,8H2,1-5H3. The molecule has 1 unspecified atom stereocenters. The van der Waals surface area contributed by atoms with Crippen molar-refractivity contribution in [3.63, 3.8) is 0 Å². The summed E-state index contributed by atoms with van der Waals surface area (Å²) >= 11 is 0. The minimum absolute atomic E-state index is 0.0690. The summed E-state index contributed by atoms with van der Waals surface area (Å²) in [4.78, 5) is 12.5. The van der Waals surface area contributed by atoms with Crippen molar-refractivity contribution in [3.8, 4) is 17.2 Å². The molecule has 0 radical (unpaired) electrons. The number of ketones is 1. The van der Waals surface area contributed by atoms with Gasteiger partial charge < -0.3 is 14.2 Å². The van der Waals surface area contributed by atoms with Gasteiger partial charge in [-0.15, -0.1) is 0 Å². The van der Waals surface area contributed by atoms with Crippen molar-refractivity contribution < 1.29 is 19.0 Å². The van der Waals surface area contributed by atoms with Crippen LogP contribution in [0.2, 0.25) is 0 Å². The van der Waals surface area contributed by atoms with Crippen LogP contribution in [0, 0.1) is 11.3 Å². The zero-order valence-corrected chi connectivity index (χ0v) is 12.1. The maximum Gasteiger partial charge on any atom is 0.204 e. The third-order valence-electron chi connectivity index (χ3n) is 3.80. The summed E-state index contributed by atoms with van der Waals surface area (Å²) in [6.45, 7) is 4.20. The minimum atomic E-state index is 0.0690. The average Bonchev–Trinajstić information content (AvgIpc) is 3.04. The highest BCUT2D eigenvalue weighted by atomic mass is 16.5. The zero-order chi connectivity index (χ0) is 14.2. The SMILES string of the molecule is COc1ccc(C(=O)C2CC2(C)C)c(OC)c1OC. The molecule has 1 aliphatic rings. The summed E-state index contributed by atoms with van der Waals surface area (Å²) < 4.78 is 15.9. The van der Waals surface area contributed by atoms with E-state index in [0.717, 1.165) is 6.42 Å². The van der Waals surface area contributed by atoms with Gasteiger partial charge in [0.25, 0.3) is 0 Å². The maximum atomic E-state index is 12.5. The number of rotatable bonds is 5. The van der Waals surface area contributed by atoms with Crippen molar-refractivity contribution in [2.45, 2.75) is 20.3 Å². The second kappa shape index (κ2) is 4.76. The lowest BCUT2D eigenvalue weighted by Gasteiger charge is -2.15. The van der Waals surface area contributed by atoms with Gasteiger partial charge in [0.05, 0.1) is 26.9 Å². The highest BCUT2D eigenvalue weighted by molar-refractivity contribution is 6.03. The first-order valence-electron chi connectivity index (χ1n) is 6.29. The molecule has 0 aliphatic heterocycles. The molecule has 0 bridgehead atoms. The van der Waals surface area contributed by atoms with Gasteiger partial charge in [-0.2, -0.15) is 0 Å². The number of carbonyl (C=O) groups excluding carboxylic acids is 1. The molecule has 19 heavy (non-hydrogen) atoms. The van der Waals surface area contributed by atoms with Crippen LogP contribution >= 0.6 is 0 Å². The third-order valence-corrected chi connectivity index (χ3v) is 3.80. The fourth-order valence-electron chi connectivity index (χ4n) is 2.40. The Bertz CT molecular complexity index is 505. The number of benzene rings is 1. The number of hydrogen-bond donors (Lipinski definition) is 0. The lowest BCUT2D eigenvalue weighted by Crippen LogP contribution is -2.09. The van der Waals surface area contributed by atoms with Crippen LogP contribution in [0.5, 0.6) is 17.2 Å². The van der Waals surface area contributed by atoms with E-state index < -0.39 is 0 Å². The lowest BCUT2D eigenvalue weighted by atomic mass is 10.00. The number of carbonyl (C=O) groups is 1. The summed E-state index contributed by atoms with van der Waals surface area (Å²) in [6, 6.07) is 3.49. The monoisotopic (exact) mass is 264 g/mol. The van der Waals surface area contributed by atoms with E-state index in [1.807, 2.05) is 0 Å². The fraction of sp³-hybridized carbons (Fsp3) is 0.533. The molecule has 1 fully saturated rings. The maximum absolute atomic E-state index is 12.5. The van der Waals surface area contributed by atoms with Gasteiger partial charge in [-0.1, -0.05) is 13.8 Å². The summed E-state index contributed by atoms with van der Waals surface area (Å²) in [5, 5.41) is 0. The first kappa shape index (κ1) is 13.7. The molecule has 104 valence electrons. The number of methoxy groups -OCH3 is 3. The van der Waals surface area contributed by atoms with Crippen molar-refractivity contribution in [3.05, 3.63) is 17.7 Å². The second-order valence-electron chi connectivity index (χ2n) is 5.49. The molecular formula is C15H20O4. The van der Waals surface area contributed by atoms with Gasteiger partial charge in [-0.05, 0) is 24.0 Å². The quantitative estimate of drug-likeness (QED) is 0.767. The van der Waals surface area contributed by atoms with E-state index in [1.165, 1.54) is 14.2 Å². The molecule has 0 saturated heterocycles. The predicted molar refractivity (Wildman–Crippen MR) is 72.3 cm³/mol. The molecule has 4 heteroatoms. The van der Waals surface area contributed by atoms with Crippen LogP contribution in [0.1, 0.15) is 30.6 Å². The van der Waals surface area contributed by atoms with Crippen LogP contribution in [0.4, 0.5) is 0 Å². The van der Waals surface area contributed by atoms with E-state index in [0.29, 0.717) is 22.8 Å². The van der Waals surface area contributed by atoms with E-state index in [9.17, 15) is 4.79 Å². The molecule has 1 aliphatic carbocycles. The van der Waals surface area contributed by atoms with Crippen molar-refractivity contribution in [1.29, 1.82) is 0 Å². The number of Topliss-reactive ketones (excluding diaryl/α,β-unsaturated/α-hetero) is 1. The van der Waals surface area contributed by atoms with E-state index in [2.05, 4.69) is 13.8 Å². The Labute approximate surface area is 113 Å². The van der Waals surface area contributed by atoms with Gasteiger partial charge in [-0.3, -0.25) is 4.79 Å². The van der Waals surface area contributed by atoms with Crippen LogP contribution in [-0.4, -0.2) is 27.1 Å². The van der Waals surface area contributed by atoms with Crippen LogP contribution < -0.4 is 14.2 Å². The second-order valence-corrected chi connectivity index (χ2v) is 5.49. The summed E-state index contributed by atoms with van der Waals surface area (Å²) in [5.74, 6) is 1.66. The Morgan fingerprint density at radius 3 is 2.11 bits per heavy atom. The van der Waals surface area contributed by atoms with E-state index in [-0.39, 0.29) is 17.1 Å². The Morgan fingerprint density at radius 2 is 1.68 bits per heavy atom. The van der Waals surface area contributed by atoms with Gasteiger partial charge in [0.15, 0.2) is 17.3 Å². The van der Waals surface area contributed by atoms with Gasteiger partial charge in [0.2, 0.25) is 5.75 Å². The number of hydrogen-bond acceptors (Lipinski definition) is 4. The van der Waals surface area contributed by atoms with Crippen molar-refractivity contribution in [2.75, 3.05) is 21.3 Å². The fourth-order valence-corrected chi connectivity index (χ4v) is 2.40. The third kappa shape index (κ3) is 2.27. The average molecular weight is 264 g/mol. The zero-order valence-electron chi connectivity index (χ0n) is 12.1. The minimum Gasteiger partial charge on any atom is -0.493 e. The lowest BCUT2D eigenvalue weighted by molar-refractivity contribution is 0.0949. The van der Waals surface area contributed by atoms with Crippen LogP contribution in [0.3, 0.4) is 0 Å². The number of ether oxygens (including phenoxy) is 3. The van der Waals surface area contributed by atoms with Crippen molar-refractivity contribution in [2.24, 2.45) is 11.3 Å². The molecular weight excluding hydrogens is 244 g/mol. The predicted octanol–water partition coefficient (Wildman–Crippen LogP) is 2.94. The Kier molecular flexibility index (Phi) is 3.43. The van der Waals surface area contributed by atoms with Gasteiger partial charge in [0, 0.05) is 5.92 Å². The Morgan fingerprint density at radius 1 is 1.11 bits per heavy atom. The van der Waals surface area contributed by atoms with Crippen LogP contribution in [0.15, 0.2) is 12.1 Å². The highest BCUT2D eigenvalue weighted by Crippen LogP contribution is 2.54. The summed E-state index contributed by atoms with van der Waals surface area (Å²) in [7, 11) is 4.63. The smallest absolute Gasteiger partial charge is 0.204 e. The molecule has 0 aromatic heterocycles. The molecule has 0 spiro atoms. The Balaban J connectivity index is 2.44. The van der Waals surface area contributed by atoms with Crippen molar-refractivity contribution >= 4 is 5.78 Å². The molecule has 2 rings (SSSR count). The molecule has 0 amide bonds. The molecule has 4 nitrogen and oxygen atoms in total. The van der Waals surface area contributed by atoms with Gasteiger partial charge in [0.1, 0.15) is 0 Å². The first-order valence-corrected chi connectivity index (χ1v) is 6.29. The highest BCUT2D eigenvalue weighted by Gasteiger charge is 2.51. The molecule has 1 saturated carbocycles. The summed E-state index contributed by atoms with van der Waals surface area (Å²) in [5.41, 5.74) is 0.658. The first-order chi connectivity index (χ1) is 8.96. The topological polar surface area (TPSA) is 44.8 Å². The molecule has 1 aromatic rings. The molecule has 1 aromatic carbocycles. The largest absolute Gasteiger partial charge is 0.493 e. The van der Waals surface area contributed by atoms with E-state index in [4.69, 9.17) is 14.2 Å². The normalized spacial score (nSPS) is 19.7. The van der Waals surface area contributed by atoms with Crippen LogP contribution in [-0.2, 0) is 0 Å².